The van der Waals surface area contributed by atoms with Gasteiger partial charge < -0.3 is 10.9 Å². The Balaban J connectivity index is 3.14. The van der Waals surface area contributed by atoms with Gasteiger partial charge in [0.15, 0.2) is 9.84 Å². The summed E-state index contributed by atoms with van der Waals surface area (Å²) in [6, 6.07) is 6.52. The topological polar surface area (TPSA) is 92.8 Å². The number of nitrogen functional groups attached to an aromatic ring is 1. The van der Waals surface area contributed by atoms with E-state index in [1.54, 1.807) is 31.2 Å². The molecule has 0 aliphatic carbocycles. The summed E-state index contributed by atoms with van der Waals surface area (Å²) in [5, 5.41) is 11.2. The second-order valence-corrected chi connectivity index (χ2v) is 6.31. The number of nitrogens with two attached hydrogens (primary N) is 1. The summed E-state index contributed by atoms with van der Waals surface area (Å²) < 4.78 is 23.4. The molecule has 6 heteroatoms. The van der Waals surface area contributed by atoms with Gasteiger partial charge in [0.2, 0.25) is 0 Å². The van der Waals surface area contributed by atoms with Crippen LogP contribution in [0.15, 0.2) is 29.4 Å². The Bertz CT molecular complexity index is 506. The molecule has 0 aliphatic heterocycles. The van der Waals surface area contributed by atoms with E-state index in [9.17, 15) is 8.42 Å². The number of hydrogen-bond acceptors (Lipinski definition) is 5. The second kappa shape index (κ2) is 5.18. The second-order valence-electron chi connectivity index (χ2n) is 3.70. The van der Waals surface area contributed by atoms with Gasteiger partial charge in [-0.05, 0) is 19.1 Å². The zero-order valence-corrected chi connectivity index (χ0v) is 10.6. The van der Waals surface area contributed by atoms with Crippen molar-refractivity contribution in [3.05, 3.63) is 29.8 Å². The summed E-state index contributed by atoms with van der Waals surface area (Å²) >= 11 is 0. The third-order valence-corrected chi connectivity index (χ3v) is 4.75. The Morgan fingerprint density at radius 2 is 1.94 bits per heavy atom. The van der Waals surface area contributed by atoms with Gasteiger partial charge in [0.05, 0.1) is 0 Å². The molecular formula is C11H16N2O3S. The largest absolute Gasteiger partial charge is 0.411 e. The number of hydrogen-bond donors (Lipinski definition) is 2. The van der Waals surface area contributed by atoms with Crippen LogP contribution in [0.4, 0.5) is 5.69 Å². The van der Waals surface area contributed by atoms with Crippen LogP contribution in [0.5, 0.6) is 0 Å². The Hall–Kier alpha value is -1.56. The van der Waals surface area contributed by atoms with Crippen LogP contribution in [0.3, 0.4) is 0 Å². The molecule has 3 N–H and O–H groups in total. The summed E-state index contributed by atoms with van der Waals surface area (Å²) in [6.07, 6.45) is 0. The molecule has 0 amide bonds. The van der Waals surface area contributed by atoms with Gasteiger partial charge >= 0.3 is 0 Å². The SMILES string of the molecule is CCS(=O)(=O)[C@H](C)/C(=N\O)c1ccc(N)cc1. The predicted octanol–water partition coefficient (Wildman–Crippen LogP) is 1.27. The highest BCUT2D eigenvalue weighted by Crippen LogP contribution is 2.14. The van der Waals surface area contributed by atoms with Crippen LogP contribution in [0, 0.1) is 0 Å². The third-order valence-electron chi connectivity index (χ3n) is 2.64. The standard InChI is InChI=1S/C11H16N2O3S/c1-3-17(15,16)8(2)11(13-14)9-4-6-10(12)7-5-9/h4-8,14H,3,12H2,1-2H3/b13-11+/t8-/m1/s1. The quantitative estimate of drug-likeness (QED) is 0.367. The maximum absolute atomic E-state index is 11.7. The fourth-order valence-corrected chi connectivity index (χ4v) is 2.47. The van der Waals surface area contributed by atoms with Crippen molar-refractivity contribution in [1.29, 1.82) is 0 Å². The number of benzene rings is 1. The normalized spacial score (nSPS) is 14.6. The van der Waals surface area contributed by atoms with Crippen molar-refractivity contribution in [2.24, 2.45) is 5.16 Å². The average molecular weight is 256 g/mol. The highest BCUT2D eigenvalue weighted by atomic mass is 32.2. The fourth-order valence-electron chi connectivity index (χ4n) is 1.45. The fraction of sp³-hybridized carbons (Fsp3) is 0.364. The van der Waals surface area contributed by atoms with E-state index < -0.39 is 15.1 Å². The van der Waals surface area contributed by atoms with E-state index in [1.807, 2.05) is 0 Å². The number of oxime groups is 1. The highest BCUT2D eigenvalue weighted by molar-refractivity contribution is 7.92. The molecule has 0 saturated heterocycles. The molecule has 1 atom stereocenters. The molecule has 94 valence electrons. The van der Waals surface area contributed by atoms with Crippen molar-refractivity contribution in [2.45, 2.75) is 19.1 Å². The van der Waals surface area contributed by atoms with Crippen LogP contribution < -0.4 is 5.73 Å². The zero-order chi connectivity index (χ0) is 13.1. The van der Waals surface area contributed by atoms with E-state index >= 15 is 0 Å². The van der Waals surface area contributed by atoms with Gasteiger partial charge in [0, 0.05) is 17.0 Å². The van der Waals surface area contributed by atoms with Gasteiger partial charge in [0.1, 0.15) is 11.0 Å². The van der Waals surface area contributed by atoms with Crippen molar-refractivity contribution < 1.29 is 13.6 Å². The van der Waals surface area contributed by atoms with Crippen molar-refractivity contribution >= 4 is 21.2 Å². The van der Waals surface area contributed by atoms with Gasteiger partial charge in [-0.3, -0.25) is 0 Å². The Kier molecular flexibility index (Phi) is 4.11. The first-order valence-corrected chi connectivity index (χ1v) is 6.93. The predicted molar refractivity (Wildman–Crippen MR) is 68.1 cm³/mol. The van der Waals surface area contributed by atoms with E-state index in [-0.39, 0.29) is 11.5 Å². The van der Waals surface area contributed by atoms with Crippen molar-refractivity contribution in [3.8, 4) is 0 Å². The van der Waals surface area contributed by atoms with Crippen LogP contribution in [-0.4, -0.2) is 30.3 Å². The number of anilines is 1. The van der Waals surface area contributed by atoms with Gasteiger partial charge in [0.25, 0.3) is 0 Å². The van der Waals surface area contributed by atoms with Crippen molar-refractivity contribution in [1.82, 2.24) is 0 Å². The smallest absolute Gasteiger partial charge is 0.158 e. The first kappa shape index (κ1) is 13.5. The first-order chi connectivity index (χ1) is 7.92. The molecule has 0 fully saturated rings. The Labute approximate surface area is 101 Å². The van der Waals surface area contributed by atoms with Crippen LogP contribution in [0.2, 0.25) is 0 Å². The van der Waals surface area contributed by atoms with Gasteiger partial charge in [-0.1, -0.05) is 24.2 Å². The molecule has 0 aliphatic rings. The molecule has 0 radical (unpaired) electrons. The molecule has 0 bridgehead atoms. The molecule has 0 heterocycles. The van der Waals surface area contributed by atoms with Crippen molar-refractivity contribution in [2.75, 3.05) is 11.5 Å². The molecule has 0 spiro atoms. The average Bonchev–Trinajstić information content (AvgIpc) is 2.32. The minimum absolute atomic E-state index is 0.00214. The lowest BCUT2D eigenvalue weighted by molar-refractivity contribution is 0.318. The molecular weight excluding hydrogens is 240 g/mol. The highest BCUT2D eigenvalue weighted by Gasteiger charge is 2.25. The monoisotopic (exact) mass is 256 g/mol. The van der Waals surface area contributed by atoms with Gasteiger partial charge in [-0.2, -0.15) is 0 Å². The summed E-state index contributed by atoms with van der Waals surface area (Å²) in [5.74, 6) is 0.00214. The van der Waals surface area contributed by atoms with E-state index in [0.29, 0.717) is 11.3 Å². The van der Waals surface area contributed by atoms with Crippen LogP contribution in [-0.2, 0) is 9.84 Å². The Morgan fingerprint density at radius 1 is 1.41 bits per heavy atom. The molecule has 1 rings (SSSR count). The summed E-state index contributed by atoms with van der Waals surface area (Å²) in [6.45, 7) is 3.06. The molecule has 0 unspecified atom stereocenters. The maximum Gasteiger partial charge on any atom is 0.158 e. The Morgan fingerprint density at radius 3 is 2.35 bits per heavy atom. The lowest BCUT2D eigenvalue weighted by atomic mass is 10.1. The molecule has 1 aromatic carbocycles. The van der Waals surface area contributed by atoms with Crippen LogP contribution in [0.25, 0.3) is 0 Å². The third kappa shape index (κ3) is 2.97. The van der Waals surface area contributed by atoms with Gasteiger partial charge in [-0.15, -0.1) is 0 Å². The lowest BCUT2D eigenvalue weighted by Gasteiger charge is -2.13. The lowest BCUT2D eigenvalue weighted by Crippen LogP contribution is -2.29. The maximum atomic E-state index is 11.7. The van der Waals surface area contributed by atoms with Crippen LogP contribution >= 0.6 is 0 Å². The summed E-state index contributed by atoms with van der Waals surface area (Å²) in [4.78, 5) is 0. The van der Waals surface area contributed by atoms with E-state index in [1.165, 1.54) is 6.92 Å². The minimum atomic E-state index is -3.29. The summed E-state index contributed by atoms with van der Waals surface area (Å²) in [5.41, 5.74) is 6.78. The first-order valence-electron chi connectivity index (χ1n) is 5.21. The number of rotatable bonds is 4. The van der Waals surface area contributed by atoms with E-state index in [4.69, 9.17) is 10.9 Å². The van der Waals surface area contributed by atoms with Gasteiger partial charge in [-0.25, -0.2) is 8.42 Å². The minimum Gasteiger partial charge on any atom is -0.411 e. The molecule has 17 heavy (non-hydrogen) atoms. The van der Waals surface area contributed by atoms with E-state index in [2.05, 4.69) is 5.16 Å². The van der Waals surface area contributed by atoms with Crippen LogP contribution in [0.1, 0.15) is 19.4 Å². The van der Waals surface area contributed by atoms with E-state index in [0.717, 1.165) is 0 Å². The molecule has 0 saturated carbocycles. The number of sulfone groups is 1. The summed E-state index contributed by atoms with van der Waals surface area (Å²) in [7, 11) is -3.29. The molecule has 0 aromatic heterocycles. The van der Waals surface area contributed by atoms with Crippen molar-refractivity contribution in [3.63, 3.8) is 0 Å². The zero-order valence-electron chi connectivity index (χ0n) is 9.79. The number of nitrogens with zero attached hydrogens (tertiary/aromatic N) is 1. The molecule has 1 aromatic rings. The molecule has 5 nitrogen and oxygen atoms in total.